The van der Waals surface area contributed by atoms with Crippen molar-refractivity contribution < 1.29 is 0 Å². The third kappa shape index (κ3) is 3.92. The first kappa shape index (κ1) is 15.2. The lowest BCUT2D eigenvalue weighted by Gasteiger charge is -2.10. The molecule has 0 aliphatic rings. The highest BCUT2D eigenvalue weighted by Crippen LogP contribution is 2.25. The first-order chi connectivity index (χ1) is 11.4. The van der Waals surface area contributed by atoms with Crippen LogP contribution in [0.2, 0.25) is 0 Å². The Morgan fingerprint density at radius 2 is 1.43 bits per heavy atom. The van der Waals surface area contributed by atoms with Gasteiger partial charge in [-0.05, 0) is 42.8 Å². The standard InChI is InChI=1S/C19H20N4/c1-2-3-10-20-15-13-18(16-8-4-6-11-21-16)23-19(14-15)17-9-5-7-12-22-17/h4-9,11-14H,2-3,10H2,1H3,(H,20,23). The molecule has 4 nitrogen and oxygen atoms in total. The monoisotopic (exact) mass is 304 g/mol. The van der Waals surface area contributed by atoms with Crippen LogP contribution in [-0.4, -0.2) is 21.5 Å². The van der Waals surface area contributed by atoms with Gasteiger partial charge in [0.1, 0.15) is 0 Å². The van der Waals surface area contributed by atoms with Crippen molar-refractivity contribution >= 4 is 5.69 Å². The van der Waals surface area contributed by atoms with Crippen LogP contribution < -0.4 is 5.32 Å². The Morgan fingerprint density at radius 1 is 0.826 bits per heavy atom. The van der Waals surface area contributed by atoms with Crippen LogP contribution in [0.15, 0.2) is 60.9 Å². The molecule has 0 unspecified atom stereocenters. The molecule has 0 aliphatic carbocycles. The van der Waals surface area contributed by atoms with E-state index in [-0.39, 0.29) is 0 Å². The largest absolute Gasteiger partial charge is 0.385 e. The molecule has 0 spiro atoms. The van der Waals surface area contributed by atoms with Crippen molar-refractivity contribution in [2.24, 2.45) is 0 Å². The maximum Gasteiger partial charge on any atom is 0.0914 e. The average molecular weight is 304 g/mol. The molecule has 0 saturated carbocycles. The van der Waals surface area contributed by atoms with Crippen LogP contribution in [0.3, 0.4) is 0 Å². The predicted octanol–water partition coefficient (Wildman–Crippen LogP) is 4.42. The van der Waals surface area contributed by atoms with Gasteiger partial charge in [-0.25, -0.2) is 4.98 Å². The van der Waals surface area contributed by atoms with Gasteiger partial charge in [0.2, 0.25) is 0 Å². The maximum absolute atomic E-state index is 4.74. The van der Waals surface area contributed by atoms with Crippen molar-refractivity contribution in [1.82, 2.24) is 15.0 Å². The number of hydrogen-bond donors (Lipinski definition) is 1. The first-order valence-electron chi connectivity index (χ1n) is 7.95. The van der Waals surface area contributed by atoms with Gasteiger partial charge in [-0.1, -0.05) is 25.5 Å². The molecule has 0 aromatic carbocycles. The van der Waals surface area contributed by atoms with Crippen LogP contribution >= 0.6 is 0 Å². The molecule has 3 aromatic rings. The summed E-state index contributed by atoms with van der Waals surface area (Å²) in [6.07, 6.45) is 5.88. The number of aromatic nitrogens is 3. The number of pyridine rings is 3. The second-order valence-corrected chi connectivity index (χ2v) is 5.34. The minimum Gasteiger partial charge on any atom is -0.385 e. The van der Waals surface area contributed by atoms with Crippen molar-refractivity contribution in [3.05, 3.63) is 60.9 Å². The fourth-order valence-electron chi connectivity index (χ4n) is 2.33. The Hall–Kier alpha value is -2.75. The van der Waals surface area contributed by atoms with Crippen LogP contribution in [0.5, 0.6) is 0 Å². The lowest BCUT2D eigenvalue weighted by Crippen LogP contribution is -2.02. The van der Waals surface area contributed by atoms with Crippen LogP contribution in [-0.2, 0) is 0 Å². The van der Waals surface area contributed by atoms with Gasteiger partial charge in [0, 0.05) is 24.6 Å². The van der Waals surface area contributed by atoms with E-state index < -0.39 is 0 Å². The summed E-state index contributed by atoms with van der Waals surface area (Å²) in [6, 6.07) is 15.8. The van der Waals surface area contributed by atoms with E-state index in [1.165, 1.54) is 0 Å². The molecule has 0 aliphatic heterocycles. The van der Waals surface area contributed by atoms with Crippen molar-refractivity contribution in [1.29, 1.82) is 0 Å². The summed E-state index contributed by atoms with van der Waals surface area (Å²) in [5.74, 6) is 0. The SMILES string of the molecule is CCCCNc1cc(-c2ccccn2)nc(-c2ccccn2)c1. The third-order valence-corrected chi connectivity index (χ3v) is 3.54. The smallest absolute Gasteiger partial charge is 0.0914 e. The molecule has 1 N–H and O–H groups in total. The molecule has 0 fully saturated rings. The molecule has 0 radical (unpaired) electrons. The van der Waals surface area contributed by atoms with Crippen LogP contribution in [0.4, 0.5) is 5.69 Å². The van der Waals surface area contributed by atoms with E-state index in [1.807, 2.05) is 48.5 Å². The zero-order valence-electron chi connectivity index (χ0n) is 13.2. The van der Waals surface area contributed by atoms with Crippen molar-refractivity contribution in [3.63, 3.8) is 0 Å². The van der Waals surface area contributed by atoms with Gasteiger partial charge in [-0.3, -0.25) is 9.97 Å². The van der Waals surface area contributed by atoms with Gasteiger partial charge in [0.25, 0.3) is 0 Å². The van der Waals surface area contributed by atoms with E-state index in [0.717, 1.165) is 47.8 Å². The van der Waals surface area contributed by atoms with E-state index >= 15 is 0 Å². The lowest BCUT2D eigenvalue weighted by atomic mass is 10.1. The molecule has 23 heavy (non-hydrogen) atoms. The Balaban J connectivity index is 2.00. The number of nitrogens with zero attached hydrogens (tertiary/aromatic N) is 3. The zero-order valence-corrected chi connectivity index (χ0v) is 13.2. The van der Waals surface area contributed by atoms with Crippen LogP contribution in [0, 0.1) is 0 Å². The van der Waals surface area contributed by atoms with Gasteiger partial charge in [0.15, 0.2) is 0 Å². The highest BCUT2D eigenvalue weighted by atomic mass is 14.9. The summed E-state index contributed by atoms with van der Waals surface area (Å²) >= 11 is 0. The molecule has 0 saturated heterocycles. The Bertz CT molecular complexity index is 684. The summed E-state index contributed by atoms with van der Waals surface area (Å²) in [4.78, 5) is 13.6. The molecule has 116 valence electrons. The van der Waals surface area contributed by atoms with Crippen molar-refractivity contribution in [3.8, 4) is 22.8 Å². The summed E-state index contributed by atoms with van der Waals surface area (Å²) < 4.78 is 0. The second-order valence-electron chi connectivity index (χ2n) is 5.34. The van der Waals surface area contributed by atoms with Gasteiger partial charge in [0.05, 0.1) is 22.8 Å². The third-order valence-electron chi connectivity index (χ3n) is 3.54. The number of unbranched alkanes of at least 4 members (excludes halogenated alkanes) is 1. The van der Waals surface area contributed by atoms with Gasteiger partial charge >= 0.3 is 0 Å². The fraction of sp³-hybridized carbons (Fsp3) is 0.211. The quantitative estimate of drug-likeness (QED) is 0.685. The fourth-order valence-corrected chi connectivity index (χ4v) is 2.33. The topological polar surface area (TPSA) is 50.7 Å². The minimum atomic E-state index is 0.854. The summed E-state index contributed by atoms with van der Waals surface area (Å²) in [6.45, 7) is 3.14. The molecular weight excluding hydrogens is 284 g/mol. The van der Waals surface area contributed by atoms with E-state index in [4.69, 9.17) is 4.98 Å². The molecule has 3 rings (SSSR count). The van der Waals surface area contributed by atoms with Crippen molar-refractivity contribution in [2.45, 2.75) is 19.8 Å². The molecule has 4 heteroatoms. The number of anilines is 1. The normalized spacial score (nSPS) is 10.5. The van der Waals surface area contributed by atoms with Gasteiger partial charge in [-0.15, -0.1) is 0 Å². The molecule has 3 heterocycles. The molecule has 0 amide bonds. The Labute approximate surface area is 136 Å². The highest BCUT2D eigenvalue weighted by molar-refractivity contribution is 5.68. The van der Waals surface area contributed by atoms with Crippen LogP contribution in [0.1, 0.15) is 19.8 Å². The minimum absolute atomic E-state index is 0.854. The Morgan fingerprint density at radius 3 is 1.91 bits per heavy atom. The number of rotatable bonds is 6. The summed E-state index contributed by atoms with van der Waals surface area (Å²) in [7, 11) is 0. The average Bonchev–Trinajstić information content (AvgIpc) is 2.63. The predicted molar refractivity (Wildman–Crippen MR) is 94.1 cm³/mol. The number of hydrogen-bond acceptors (Lipinski definition) is 4. The van der Waals surface area contributed by atoms with Gasteiger partial charge < -0.3 is 5.32 Å². The maximum atomic E-state index is 4.74. The van der Waals surface area contributed by atoms with Crippen LogP contribution in [0.25, 0.3) is 22.8 Å². The lowest BCUT2D eigenvalue weighted by molar-refractivity contribution is 0.834. The van der Waals surface area contributed by atoms with E-state index in [1.54, 1.807) is 12.4 Å². The van der Waals surface area contributed by atoms with E-state index in [2.05, 4.69) is 22.2 Å². The Kier molecular flexibility index (Phi) is 4.94. The van der Waals surface area contributed by atoms with Gasteiger partial charge in [-0.2, -0.15) is 0 Å². The van der Waals surface area contributed by atoms with E-state index in [0.29, 0.717) is 0 Å². The van der Waals surface area contributed by atoms with E-state index in [9.17, 15) is 0 Å². The molecule has 0 bridgehead atoms. The first-order valence-corrected chi connectivity index (χ1v) is 7.95. The summed E-state index contributed by atoms with van der Waals surface area (Å²) in [5, 5.41) is 3.47. The number of nitrogens with one attached hydrogen (secondary N) is 1. The van der Waals surface area contributed by atoms with Crippen molar-refractivity contribution in [2.75, 3.05) is 11.9 Å². The molecular formula is C19H20N4. The highest BCUT2D eigenvalue weighted by Gasteiger charge is 2.08. The summed E-state index contributed by atoms with van der Waals surface area (Å²) in [5.41, 5.74) is 4.49. The zero-order chi connectivity index (χ0) is 15.9. The second kappa shape index (κ2) is 7.49. The molecule has 0 atom stereocenters. The molecule has 3 aromatic heterocycles.